The molecule has 3 aromatic rings. The zero-order valence-corrected chi connectivity index (χ0v) is 18.0. The highest BCUT2D eigenvalue weighted by molar-refractivity contribution is 6.47. The van der Waals surface area contributed by atoms with Crippen molar-refractivity contribution in [2.45, 2.75) is 19.0 Å². The molecule has 1 aliphatic heterocycles. The van der Waals surface area contributed by atoms with Gasteiger partial charge in [0.1, 0.15) is 5.76 Å². The number of carbonyl (C=O) groups excluding carboxylic acids is 2. The van der Waals surface area contributed by atoms with Crippen molar-refractivity contribution in [1.82, 2.24) is 14.5 Å². The highest BCUT2D eigenvalue weighted by Crippen LogP contribution is 2.30. The molecule has 2 aromatic carbocycles. The molecule has 162 valence electrons. The molecule has 1 aliphatic rings. The van der Waals surface area contributed by atoms with Gasteiger partial charge in [-0.3, -0.25) is 9.59 Å². The van der Waals surface area contributed by atoms with Crippen molar-refractivity contribution in [3.8, 4) is 0 Å². The number of benzene rings is 2. The number of hydrogen-bond donors (Lipinski definition) is 1. The van der Waals surface area contributed by atoms with E-state index in [1.54, 1.807) is 42.9 Å². The van der Waals surface area contributed by atoms with Crippen LogP contribution in [0.5, 0.6) is 0 Å². The number of aromatic nitrogens is 2. The van der Waals surface area contributed by atoms with Gasteiger partial charge in [-0.15, -0.1) is 0 Å². The van der Waals surface area contributed by atoms with Gasteiger partial charge in [-0.2, -0.15) is 0 Å². The third-order valence-electron chi connectivity index (χ3n) is 5.35. The lowest BCUT2D eigenvalue weighted by Gasteiger charge is -2.22. The molecule has 0 radical (unpaired) electrons. The normalized spacial score (nSPS) is 18.0. The van der Waals surface area contributed by atoms with Gasteiger partial charge < -0.3 is 14.6 Å². The van der Waals surface area contributed by atoms with Crippen LogP contribution in [0.3, 0.4) is 0 Å². The molecule has 0 aliphatic carbocycles. The summed E-state index contributed by atoms with van der Waals surface area (Å²) in [4.78, 5) is 31.3. The van der Waals surface area contributed by atoms with Crippen LogP contribution in [0, 0.1) is 0 Å². The second-order valence-electron chi connectivity index (χ2n) is 7.47. The standard InChI is InChI=1S/C25H22ClN3O3/c26-20-10-8-19(9-11-20)23(30)22-21(12-7-18-5-2-1-3-6-18)29(25(32)24(22)31)15-4-14-28-16-13-27-17-28/h1-3,5-13,16-17,21,30H,4,14-15H2. The van der Waals surface area contributed by atoms with Gasteiger partial charge in [0.05, 0.1) is 17.9 Å². The van der Waals surface area contributed by atoms with Crippen molar-refractivity contribution >= 4 is 35.1 Å². The van der Waals surface area contributed by atoms with Crippen LogP contribution < -0.4 is 0 Å². The fraction of sp³-hybridized carbons (Fsp3) is 0.160. The average molecular weight is 448 g/mol. The van der Waals surface area contributed by atoms with Crippen molar-refractivity contribution in [1.29, 1.82) is 0 Å². The minimum Gasteiger partial charge on any atom is -0.507 e. The lowest BCUT2D eigenvalue weighted by atomic mass is 10.00. The first-order valence-electron chi connectivity index (χ1n) is 10.3. The summed E-state index contributed by atoms with van der Waals surface area (Å²) in [7, 11) is 0. The number of halogens is 1. The number of aryl methyl sites for hydroxylation is 1. The van der Waals surface area contributed by atoms with Gasteiger partial charge in [0.15, 0.2) is 0 Å². The van der Waals surface area contributed by atoms with Crippen molar-refractivity contribution in [3.63, 3.8) is 0 Å². The van der Waals surface area contributed by atoms with E-state index in [-0.39, 0.29) is 11.3 Å². The lowest BCUT2D eigenvalue weighted by molar-refractivity contribution is -0.139. The molecule has 1 aromatic heterocycles. The summed E-state index contributed by atoms with van der Waals surface area (Å²) in [5, 5.41) is 11.5. The Balaban J connectivity index is 1.67. The van der Waals surface area contributed by atoms with E-state index in [9.17, 15) is 14.7 Å². The van der Waals surface area contributed by atoms with Crippen LogP contribution in [-0.4, -0.2) is 43.8 Å². The fourth-order valence-electron chi connectivity index (χ4n) is 3.72. The van der Waals surface area contributed by atoms with E-state index in [1.807, 2.05) is 47.2 Å². The second kappa shape index (κ2) is 9.66. The van der Waals surface area contributed by atoms with Gasteiger partial charge in [0.25, 0.3) is 11.7 Å². The van der Waals surface area contributed by atoms with Crippen LogP contribution in [0.4, 0.5) is 0 Å². The summed E-state index contributed by atoms with van der Waals surface area (Å²) in [5.41, 5.74) is 1.44. The van der Waals surface area contributed by atoms with Gasteiger partial charge in [0, 0.05) is 36.1 Å². The summed E-state index contributed by atoms with van der Waals surface area (Å²) in [5.74, 6) is -1.52. The van der Waals surface area contributed by atoms with E-state index in [0.717, 1.165) is 5.56 Å². The maximum absolute atomic E-state index is 12.9. The minimum absolute atomic E-state index is 0.0761. The molecule has 1 saturated heterocycles. The Morgan fingerprint density at radius 2 is 1.81 bits per heavy atom. The summed E-state index contributed by atoms with van der Waals surface area (Å²) >= 11 is 5.95. The Morgan fingerprint density at radius 1 is 1.06 bits per heavy atom. The molecular formula is C25H22ClN3O3. The molecule has 1 atom stereocenters. The molecule has 1 amide bonds. The quantitative estimate of drug-likeness (QED) is 0.331. The van der Waals surface area contributed by atoms with E-state index in [0.29, 0.717) is 30.1 Å². The summed E-state index contributed by atoms with van der Waals surface area (Å²) in [6.45, 7) is 1.03. The highest BCUT2D eigenvalue weighted by atomic mass is 35.5. The molecule has 1 fully saturated rings. The Hall–Kier alpha value is -3.64. The first-order valence-corrected chi connectivity index (χ1v) is 10.7. The Labute approximate surface area is 191 Å². The number of nitrogens with zero attached hydrogens (tertiary/aromatic N) is 3. The average Bonchev–Trinajstić information content (AvgIpc) is 3.41. The van der Waals surface area contributed by atoms with Crippen molar-refractivity contribution in [2.75, 3.05) is 6.54 Å². The summed E-state index contributed by atoms with van der Waals surface area (Å²) in [6, 6.07) is 15.4. The van der Waals surface area contributed by atoms with Gasteiger partial charge >= 0.3 is 0 Å². The van der Waals surface area contributed by atoms with E-state index >= 15 is 0 Å². The van der Waals surface area contributed by atoms with Crippen LogP contribution >= 0.6 is 11.6 Å². The molecule has 0 saturated carbocycles. The zero-order valence-electron chi connectivity index (χ0n) is 17.3. The van der Waals surface area contributed by atoms with E-state index < -0.39 is 17.7 Å². The molecular weight excluding hydrogens is 426 g/mol. The lowest BCUT2D eigenvalue weighted by Crippen LogP contribution is -2.34. The predicted octanol–water partition coefficient (Wildman–Crippen LogP) is 4.39. The summed E-state index contributed by atoms with van der Waals surface area (Å²) in [6.07, 6.45) is 9.54. The monoisotopic (exact) mass is 447 g/mol. The summed E-state index contributed by atoms with van der Waals surface area (Å²) < 4.78 is 1.92. The first-order chi connectivity index (χ1) is 15.5. The Kier molecular flexibility index (Phi) is 6.52. The van der Waals surface area contributed by atoms with Gasteiger partial charge in [0.2, 0.25) is 0 Å². The number of imidazole rings is 1. The van der Waals surface area contributed by atoms with Crippen molar-refractivity contribution in [2.24, 2.45) is 0 Å². The topological polar surface area (TPSA) is 75.4 Å². The molecule has 6 nitrogen and oxygen atoms in total. The fourth-order valence-corrected chi connectivity index (χ4v) is 3.85. The predicted molar refractivity (Wildman–Crippen MR) is 124 cm³/mol. The molecule has 1 unspecified atom stereocenters. The number of Topliss-reactive ketones (excluding diaryl/α,β-unsaturated/α-hetero) is 1. The van der Waals surface area contributed by atoms with Crippen LogP contribution in [-0.2, 0) is 16.1 Å². The van der Waals surface area contributed by atoms with Gasteiger partial charge in [-0.25, -0.2) is 4.98 Å². The Bertz CT molecular complexity index is 1150. The van der Waals surface area contributed by atoms with Gasteiger partial charge in [-0.05, 0) is 36.2 Å². The van der Waals surface area contributed by atoms with Crippen LogP contribution in [0.25, 0.3) is 11.8 Å². The number of aliphatic hydroxyl groups is 1. The highest BCUT2D eigenvalue weighted by Gasteiger charge is 2.43. The number of amides is 1. The first kappa shape index (κ1) is 21.6. The number of aliphatic hydroxyl groups excluding tert-OH is 1. The third-order valence-corrected chi connectivity index (χ3v) is 5.60. The minimum atomic E-state index is -0.692. The van der Waals surface area contributed by atoms with Crippen molar-refractivity contribution < 1.29 is 14.7 Å². The molecule has 4 rings (SSSR count). The smallest absolute Gasteiger partial charge is 0.295 e. The van der Waals surface area contributed by atoms with Gasteiger partial charge in [-0.1, -0.05) is 54.1 Å². The molecule has 7 heteroatoms. The second-order valence-corrected chi connectivity index (χ2v) is 7.90. The third kappa shape index (κ3) is 4.65. The number of hydrogen-bond acceptors (Lipinski definition) is 4. The molecule has 2 heterocycles. The molecule has 1 N–H and O–H groups in total. The van der Waals surface area contributed by atoms with E-state index in [4.69, 9.17) is 11.6 Å². The SMILES string of the molecule is O=C1C(=O)N(CCCn2ccnc2)C(C=Cc2ccccc2)C1=C(O)c1ccc(Cl)cc1. The molecule has 0 bridgehead atoms. The Morgan fingerprint density at radius 3 is 2.50 bits per heavy atom. The number of likely N-dealkylation sites (tertiary alicyclic amines) is 1. The maximum Gasteiger partial charge on any atom is 0.295 e. The molecule has 0 spiro atoms. The molecule has 32 heavy (non-hydrogen) atoms. The number of carbonyl (C=O) groups is 2. The number of rotatable bonds is 7. The van der Waals surface area contributed by atoms with E-state index in [1.165, 1.54) is 4.90 Å². The van der Waals surface area contributed by atoms with Crippen LogP contribution in [0.15, 0.2) is 85.0 Å². The van der Waals surface area contributed by atoms with E-state index in [2.05, 4.69) is 4.98 Å². The van der Waals surface area contributed by atoms with Crippen LogP contribution in [0.2, 0.25) is 5.02 Å². The van der Waals surface area contributed by atoms with Crippen molar-refractivity contribution in [3.05, 3.63) is 101 Å². The maximum atomic E-state index is 12.9. The number of ketones is 1. The van der Waals surface area contributed by atoms with Crippen LogP contribution in [0.1, 0.15) is 17.5 Å². The largest absolute Gasteiger partial charge is 0.507 e. The zero-order chi connectivity index (χ0) is 22.5.